The van der Waals surface area contributed by atoms with Crippen LogP contribution in [0.2, 0.25) is 0 Å². The predicted molar refractivity (Wildman–Crippen MR) is 113 cm³/mol. The van der Waals surface area contributed by atoms with Gasteiger partial charge in [-0.15, -0.1) is 5.10 Å². The number of ketones is 1. The van der Waals surface area contributed by atoms with Gasteiger partial charge in [0.2, 0.25) is 5.95 Å². The molecule has 3 aromatic rings. The van der Waals surface area contributed by atoms with Crippen molar-refractivity contribution in [2.24, 2.45) is 0 Å². The molecule has 5 rings (SSSR count). The number of hydrogen-bond acceptors (Lipinski definition) is 6. The molecule has 0 radical (unpaired) electrons. The SMILES string of the molecule is COc1ccc(-c2nc3n(n2)[C@H](c2ccccc2)C2=C(CCCC2=O)N3)cc1OC. The summed E-state index contributed by atoms with van der Waals surface area (Å²) in [5, 5.41) is 8.16. The third-order valence-corrected chi connectivity index (χ3v) is 5.63. The first-order valence-corrected chi connectivity index (χ1v) is 9.96. The maximum atomic E-state index is 12.9. The van der Waals surface area contributed by atoms with Crippen LogP contribution in [-0.4, -0.2) is 34.8 Å². The Morgan fingerprint density at radius 3 is 2.60 bits per heavy atom. The number of allylic oxidation sites excluding steroid dienone is 2. The molecule has 2 heterocycles. The number of Topliss-reactive ketones (excluding diaryl/α,β-unsaturated/α-hetero) is 1. The van der Waals surface area contributed by atoms with E-state index in [1.807, 2.05) is 53.2 Å². The van der Waals surface area contributed by atoms with Gasteiger partial charge in [0.15, 0.2) is 23.1 Å². The van der Waals surface area contributed by atoms with Gasteiger partial charge in [-0.1, -0.05) is 30.3 Å². The van der Waals surface area contributed by atoms with Crippen molar-refractivity contribution in [3.05, 3.63) is 65.4 Å². The van der Waals surface area contributed by atoms with Crippen LogP contribution in [0.25, 0.3) is 11.4 Å². The third-order valence-electron chi connectivity index (χ3n) is 5.63. The van der Waals surface area contributed by atoms with Crippen LogP contribution >= 0.6 is 0 Å². The van der Waals surface area contributed by atoms with Gasteiger partial charge in [-0.2, -0.15) is 4.98 Å². The first-order valence-electron chi connectivity index (χ1n) is 9.96. The van der Waals surface area contributed by atoms with E-state index in [0.29, 0.717) is 29.7 Å². The van der Waals surface area contributed by atoms with E-state index < -0.39 is 0 Å². The van der Waals surface area contributed by atoms with E-state index >= 15 is 0 Å². The summed E-state index contributed by atoms with van der Waals surface area (Å²) in [6, 6.07) is 15.3. The minimum atomic E-state index is -0.286. The molecule has 1 N–H and O–H groups in total. The van der Waals surface area contributed by atoms with E-state index in [0.717, 1.165) is 35.2 Å². The number of aromatic nitrogens is 3. The van der Waals surface area contributed by atoms with Crippen molar-refractivity contribution >= 4 is 11.7 Å². The van der Waals surface area contributed by atoms with E-state index in [1.165, 1.54) is 0 Å². The second-order valence-corrected chi connectivity index (χ2v) is 7.38. The lowest BCUT2D eigenvalue weighted by molar-refractivity contribution is -0.116. The number of carbonyl (C=O) groups excluding carboxylic acids is 1. The smallest absolute Gasteiger partial charge is 0.226 e. The number of nitrogens with zero attached hydrogens (tertiary/aromatic N) is 3. The summed E-state index contributed by atoms with van der Waals surface area (Å²) in [7, 11) is 3.20. The second kappa shape index (κ2) is 7.33. The molecular formula is C23H22N4O3. The number of anilines is 1. The quantitative estimate of drug-likeness (QED) is 0.711. The molecule has 0 bridgehead atoms. The largest absolute Gasteiger partial charge is 0.493 e. The van der Waals surface area contributed by atoms with Gasteiger partial charge in [-0.05, 0) is 36.6 Å². The molecule has 0 fully saturated rings. The summed E-state index contributed by atoms with van der Waals surface area (Å²) < 4.78 is 12.6. The van der Waals surface area contributed by atoms with E-state index in [2.05, 4.69) is 5.32 Å². The molecule has 7 heteroatoms. The number of nitrogens with one attached hydrogen (secondary N) is 1. The van der Waals surface area contributed by atoms with Gasteiger partial charge < -0.3 is 14.8 Å². The third kappa shape index (κ3) is 2.94. The highest BCUT2D eigenvalue weighted by molar-refractivity contribution is 5.99. The molecule has 0 saturated heterocycles. The first kappa shape index (κ1) is 18.4. The lowest BCUT2D eigenvalue weighted by Crippen LogP contribution is -2.31. The number of fused-ring (bicyclic) bond motifs is 1. The maximum absolute atomic E-state index is 12.9. The summed E-state index contributed by atoms with van der Waals surface area (Å²) in [6.45, 7) is 0. The number of hydrogen-bond donors (Lipinski definition) is 1. The van der Waals surface area contributed by atoms with Crippen LogP contribution in [0.15, 0.2) is 59.8 Å². The molecule has 2 aliphatic rings. The average Bonchev–Trinajstić information content (AvgIpc) is 3.21. The van der Waals surface area contributed by atoms with E-state index in [1.54, 1.807) is 14.2 Å². The van der Waals surface area contributed by atoms with Gasteiger partial charge in [0.1, 0.15) is 6.04 Å². The lowest BCUT2D eigenvalue weighted by atomic mass is 9.85. The van der Waals surface area contributed by atoms with Crippen LogP contribution in [-0.2, 0) is 4.79 Å². The van der Waals surface area contributed by atoms with E-state index in [-0.39, 0.29) is 11.8 Å². The minimum absolute atomic E-state index is 0.173. The number of carbonyl (C=O) groups is 1. The molecule has 152 valence electrons. The highest BCUT2D eigenvalue weighted by atomic mass is 16.5. The molecule has 30 heavy (non-hydrogen) atoms. The Labute approximate surface area is 174 Å². The molecule has 0 spiro atoms. The zero-order chi connectivity index (χ0) is 20.7. The molecule has 1 aliphatic heterocycles. The Kier molecular flexibility index (Phi) is 4.50. The van der Waals surface area contributed by atoms with Crippen molar-refractivity contribution in [2.75, 3.05) is 19.5 Å². The number of ether oxygens (including phenoxy) is 2. The normalized spacial score (nSPS) is 17.8. The molecule has 1 atom stereocenters. The summed E-state index contributed by atoms with van der Waals surface area (Å²) in [5.41, 5.74) is 3.58. The number of rotatable bonds is 4. The lowest BCUT2D eigenvalue weighted by Gasteiger charge is -2.32. The van der Waals surface area contributed by atoms with Crippen LogP contribution in [0.4, 0.5) is 5.95 Å². The molecule has 1 aliphatic carbocycles. The zero-order valence-electron chi connectivity index (χ0n) is 16.9. The Morgan fingerprint density at radius 1 is 1.03 bits per heavy atom. The highest BCUT2D eigenvalue weighted by Crippen LogP contribution is 2.41. The molecule has 0 amide bonds. The molecule has 0 unspecified atom stereocenters. The molecular weight excluding hydrogens is 380 g/mol. The standard InChI is InChI=1S/C23H22N4O3/c1-29-18-12-11-15(13-19(18)30-2)22-25-23-24-16-9-6-10-17(28)20(16)21(27(23)26-22)14-7-4-3-5-8-14/h3-5,7-8,11-13,21H,6,9-10H2,1-2H3,(H,24,25,26)/t21-/m1/s1. The average molecular weight is 402 g/mol. The van der Waals surface area contributed by atoms with Gasteiger partial charge in [0.05, 0.1) is 14.2 Å². The molecule has 0 saturated carbocycles. The van der Waals surface area contributed by atoms with Crippen LogP contribution in [0.3, 0.4) is 0 Å². The summed E-state index contributed by atoms with van der Waals surface area (Å²) in [6.07, 6.45) is 2.25. The fraction of sp³-hybridized carbons (Fsp3) is 0.261. The summed E-state index contributed by atoms with van der Waals surface area (Å²) in [4.78, 5) is 17.6. The Morgan fingerprint density at radius 2 is 1.83 bits per heavy atom. The maximum Gasteiger partial charge on any atom is 0.226 e. The van der Waals surface area contributed by atoms with Crippen molar-refractivity contribution in [3.63, 3.8) is 0 Å². The fourth-order valence-corrected chi connectivity index (χ4v) is 4.20. The Hall–Kier alpha value is -3.61. The van der Waals surface area contributed by atoms with Gasteiger partial charge in [0, 0.05) is 23.3 Å². The van der Waals surface area contributed by atoms with Crippen LogP contribution < -0.4 is 14.8 Å². The zero-order valence-corrected chi connectivity index (χ0v) is 16.9. The number of methoxy groups -OCH3 is 2. The topological polar surface area (TPSA) is 78.3 Å². The summed E-state index contributed by atoms with van der Waals surface area (Å²) in [5.74, 6) is 2.64. The highest BCUT2D eigenvalue weighted by Gasteiger charge is 2.36. The fourth-order valence-electron chi connectivity index (χ4n) is 4.20. The van der Waals surface area contributed by atoms with Crippen molar-refractivity contribution in [3.8, 4) is 22.9 Å². The molecule has 2 aromatic carbocycles. The Balaban J connectivity index is 1.64. The van der Waals surface area contributed by atoms with Crippen molar-refractivity contribution in [1.82, 2.24) is 14.8 Å². The van der Waals surface area contributed by atoms with Crippen LogP contribution in [0, 0.1) is 0 Å². The van der Waals surface area contributed by atoms with Gasteiger partial charge in [-0.3, -0.25) is 4.79 Å². The van der Waals surface area contributed by atoms with Gasteiger partial charge in [0.25, 0.3) is 0 Å². The minimum Gasteiger partial charge on any atom is -0.493 e. The van der Waals surface area contributed by atoms with Gasteiger partial charge in [-0.25, -0.2) is 4.68 Å². The summed E-state index contributed by atoms with van der Waals surface area (Å²) >= 11 is 0. The van der Waals surface area contributed by atoms with Crippen LogP contribution in [0.1, 0.15) is 30.9 Å². The van der Waals surface area contributed by atoms with Gasteiger partial charge >= 0.3 is 0 Å². The monoisotopic (exact) mass is 402 g/mol. The van der Waals surface area contributed by atoms with E-state index in [9.17, 15) is 4.79 Å². The van der Waals surface area contributed by atoms with Crippen LogP contribution in [0.5, 0.6) is 11.5 Å². The van der Waals surface area contributed by atoms with E-state index in [4.69, 9.17) is 19.6 Å². The Bertz CT molecular complexity index is 1150. The molecule has 1 aromatic heterocycles. The predicted octanol–water partition coefficient (Wildman–Crippen LogP) is 3.98. The van der Waals surface area contributed by atoms with Crippen molar-refractivity contribution in [2.45, 2.75) is 25.3 Å². The second-order valence-electron chi connectivity index (χ2n) is 7.38. The molecule has 7 nitrogen and oxygen atoms in total. The van der Waals surface area contributed by atoms with Crippen molar-refractivity contribution < 1.29 is 14.3 Å². The first-order chi connectivity index (χ1) is 14.7. The number of benzene rings is 2. The van der Waals surface area contributed by atoms with Crippen molar-refractivity contribution in [1.29, 1.82) is 0 Å².